The van der Waals surface area contributed by atoms with Crippen LogP contribution in [0.25, 0.3) is 64.9 Å². The second-order valence-electron chi connectivity index (χ2n) is 9.30. The molecule has 3 aromatic heterocycles. The molecule has 0 radical (unpaired) electrons. The van der Waals surface area contributed by atoms with Crippen LogP contribution in [-0.2, 0) is 0 Å². The number of hydrogen-bond donors (Lipinski definition) is 0. The Morgan fingerprint density at radius 1 is 0.486 bits per heavy atom. The fraction of sp³-hybridized carbons (Fsp3) is 0. The topological polar surface area (TPSA) is 22.8 Å². The number of fused-ring (bicyclic) bond motifs is 6. The van der Waals surface area contributed by atoms with E-state index in [-0.39, 0.29) is 0 Å². The van der Waals surface area contributed by atoms with Crippen LogP contribution in [0.2, 0.25) is 0 Å². The van der Waals surface area contributed by atoms with E-state index < -0.39 is 0 Å². The lowest BCUT2D eigenvalue weighted by Gasteiger charge is -2.08. The normalized spacial score (nSPS) is 11.8. The van der Waals surface area contributed by atoms with Gasteiger partial charge in [0.15, 0.2) is 0 Å². The maximum Gasteiger partial charge on any atom is 0.125 e. The smallest absolute Gasteiger partial charge is 0.125 e. The predicted octanol–water partition coefficient (Wildman–Crippen LogP) is 9.00. The molecule has 5 aromatic carbocycles. The highest BCUT2D eigenvalue weighted by atomic mass is 32.1. The van der Waals surface area contributed by atoms with Crippen LogP contribution in [-0.4, -0.2) is 14.1 Å². The number of hydrogen-bond acceptors (Lipinski definition) is 2. The number of thiazole rings is 1. The third-order valence-corrected chi connectivity index (χ3v) is 8.25. The highest BCUT2D eigenvalue weighted by Crippen LogP contribution is 2.40. The standard InChI is InChI=1S/C33H21N3S/c1-3-11-22(12-4-1)33-34-21-32(37-33)36-29-18-10-8-16-25(29)27-19-26-24-15-7-9-17-28(24)35(30(26)20-31(27)36)23-13-5-2-6-14-23/h1-21H. The van der Waals surface area contributed by atoms with Crippen LogP contribution in [0.4, 0.5) is 0 Å². The van der Waals surface area contributed by atoms with Crippen molar-refractivity contribution in [2.75, 3.05) is 0 Å². The van der Waals surface area contributed by atoms with Crippen molar-refractivity contribution >= 4 is 54.9 Å². The van der Waals surface area contributed by atoms with Gasteiger partial charge in [0.2, 0.25) is 0 Å². The van der Waals surface area contributed by atoms with Gasteiger partial charge in [0.05, 0.1) is 28.3 Å². The summed E-state index contributed by atoms with van der Waals surface area (Å²) in [5.41, 5.74) is 7.13. The number of aromatic nitrogens is 3. The molecule has 8 rings (SSSR count). The quantitative estimate of drug-likeness (QED) is 0.242. The third kappa shape index (κ3) is 3.03. The molecule has 0 fully saturated rings. The van der Waals surface area contributed by atoms with Crippen LogP contribution < -0.4 is 0 Å². The Balaban J connectivity index is 1.49. The van der Waals surface area contributed by atoms with Crippen molar-refractivity contribution in [3.63, 3.8) is 0 Å². The molecule has 174 valence electrons. The fourth-order valence-corrected chi connectivity index (χ4v) is 6.56. The molecule has 4 heteroatoms. The molecule has 3 nitrogen and oxygen atoms in total. The average molecular weight is 492 g/mol. The fourth-order valence-electron chi connectivity index (χ4n) is 5.61. The van der Waals surface area contributed by atoms with E-state index in [0.717, 1.165) is 15.6 Å². The Hall–Kier alpha value is -4.67. The van der Waals surface area contributed by atoms with Crippen LogP contribution in [0.15, 0.2) is 128 Å². The van der Waals surface area contributed by atoms with Gasteiger partial charge in [-0.1, -0.05) is 96.3 Å². The summed E-state index contributed by atoms with van der Waals surface area (Å²) >= 11 is 1.73. The predicted molar refractivity (Wildman–Crippen MR) is 156 cm³/mol. The van der Waals surface area contributed by atoms with Gasteiger partial charge in [-0.25, -0.2) is 4.98 Å². The minimum Gasteiger partial charge on any atom is -0.309 e. The molecule has 8 aromatic rings. The lowest BCUT2D eigenvalue weighted by molar-refractivity contribution is 1.17. The minimum atomic E-state index is 1.03. The summed E-state index contributed by atoms with van der Waals surface area (Å²) in [6, 6.07) is 43.2. The largest absolute Gasteiger partial charge is 0.309 e. The molecule has 37 heavy (non-hydrogen) atoms. The van der Waals surface area contributed by atoms with Gasteiger partial charge in [-0.15, -0.1) is 0 Å². The van der Waals surface area contributed by atoms with Gasteiger partial charge in [-0.2, -0.15) is 0 Å². The monoisotopic (exact) mass is 491 g/mol. The second-order valence-corrected chi connectivity index (χ2v) is 10.3. The highest BCUT2D eigenvalue weighted by molar-refractivity contribution is 7.17. The van der Waals surface area contributed by atoms with Crippen molar-refractivity contribution in [3.8, 4) is 21.3 Å². The Labute approximate surface area is 217 Å². The zero-order valence-electron chi connectivity index (χ0n) is 19.9. The SMILES string of the molecule is c1ccc(-c2ncc(-n3c4ccccc4c4cc5c6ccccc6n(-c6ccccc6)c5cc43)s2)cc1. The molecule has 0 spiro atoms. The van der Waals surface area contributed by atoms with Crippen LogP contribution >= 0.6 is 11.3 Å². The summed E-state index contributed by atoms with van der Waals surface area (Å²) in [6.07, 6.45) is 2.01. The molecule has 0 aliphatic carbocycles. The third-order valence-electron chi connectivity index (χ3n) is 7.22. The van der Waals surface area contributed by atoms with Gasteiger partial charge in [0.25, 0.3) is 0 Å². The first kappa shape index (κ1) is 20.5. The Morgan fingerprint density at radius 3 is 1.76 bits per heavy atom. The van der Waals surface area contributed by atoms with Crippen molar-refractivity contribution in [3.05, 3.63) is 128 Å². The lowest BCUT2D eigenvalue weighted by Crippen LogP contribution is -1.94. The first-order valence-corrected chi connectivity index (χ1v) is 13.2. The maximum atomic E-state index is 4.81. The molecule has 0 aliphatic heterocycles. The van der Waals surface area contributed by atoms with Crippen LogP contribution in [0.5, 0.6) is 0 Å². The van der Waals surface area contributed by atoms with E-state index in [2.05, 4.69) is 124 Å². The van der Waals surface area contributed by atoms with Crippen molar-refractivity contribution in [1.82, 2.24) is 14.1 Å². The van der Waals surface area contributed by atoms with E-state index >= 15 is 0 Å². The second kappa shape index (κ2) is 7.92. The van der Waals surface area contributed by atoms with Crippen molar-refractivity contribution in [2.24, 2.45) is 0 Å². The van der Waals surface area contributed by atoms with Gasteiger partial charge in [0.1, 0.15) is 10.0 Å². The minimum absolute atomic E-state index is 1.03. The number of rotatable bonds is 3. The van der Waals surface area contributed by atoms with Gasteiger partial charge in [-0.3, -0.25) is 4.57 Å². The molecule has 0 saturated heterocycles. The van der Waals surface area contributed by atoms with Gasteiger partial charge < -0.3 is 4.57 Å². The van der Waals surface area contributed by atoms with Gasteiger partial charge >= 0.3 is 0 Å². The highest BCUT2D eigenvalue weighted by Gasteiger charge is 2.19. The van der Waals surface area contributed by atoms with E-state index in [4.69, 9.17) is 4.98 Å². The van der Waals surface area contributed by atoms with Crippen LogP contribution in [0, 0.1) is 0 Å². The van der Waals surface area contributed by atoms with Crippen LogP contribution in [0.1, 0.15) is 0 Å². The first-order valence-electron chi connectivity index (χ1n) is 12.4. The molecule has 0 unspecified atom stereocenters. The van der Waals surface area contributed by atoms with Gasteiger partial charge in [-0.05, 0) is 36.4 Å². The summed E-state index contributed by atoms with van der Waals surface area (Å²) in [7, 11) is 0. The number of para-hydroxylation sites is 3. The lowest BCUT2D eigenvalue weighted by atomic mass is 10.1. The summed E-state index contributed by atoms with van der Waals surface area (Å²) in [6.45, 7) is 0. The summed E-state index contributed by atoms with van der Waals surface area (Å²) < 4.78 is 4.76. The number of benzene rings is 5. The van der Waals surface area contributed by atoms with E-state index in [9.17, 15) is 0 Å². The molecule has 0 aliphatic rings. The zero-order chi connectivity index (χ0) is 24.3. The maximum absolute atomic E-state index is 4.81. The molecular weight excluding hydrogens is 470 g/mol. The molecule has 0 bridgehead atoms. The Morgan fingerprint density at radius 2 is 1.05 bits per heavy atom. The van der Waals surface area contributed by atoms with E-state index in [0.29, 0.717) is 0 Å². The Kier molecular flexibility index (Phi) is 4.39. The van der Waals surface area contributed by atoms with Crippen LogP contribution in [0.3, 0.4) is 0 Å². The van der Waals surface area contributed by atoms with Crippen molar-refractivity contribution < 1.29 is 0 Å². The first-order chi connectivity index (χ1) is 18.4. The summed E-state index contributed by atoms with van der Waals surface area (Å²) in [5, 5.41) is 7.19. The Bertz CT molecular complexity index is 2080. The van der Waals surface area contributed by atoms with Crippen molar-refractivity contribution in [2.45, 2.75) is 0 Å². The molecule has 0 saturated carbocycles. The molecule has 3 heterocycles. The zero-order valence-corrected chi connectivity index (χ0v) is 20.7. The van der Waals surface area contributed by atoms with E-state index in [1.165, 1.54) is 49.3 Å². The molecular formula is C33H21N3S. The molecule has 0 atom stereocenters. The number of nitrogens with zero attached hydrogens (tertiary/aromatic N) is 3. The summed E-state index contributed by atoms with van der Waals surface area (Å²) in [5.74, 6) is 0. The van der Waals surface area contributed by atoms with Crippen molar-refractivity contribution in [1.29, 1.82) is 0 Å². The summed E-state index contributed by atoms with van der Waals surface area (Å²) in [4.78, 5) is 4.81. The molecule has 0 amide bonds. The van der Waals surface area contributed by atoms with E-state index in [1.54, 1.807) is 11.3 Å². The average Bonchev–Trinajstić information content (AvgIpc) is 3.65. The van der Waals surface area contributed by atoms with E-state index in [1.807, 2.05) is 12.3 Å². The molecule has 0 N–H and O–H groups in total. The van der Waals surface area contributed by atoms with Gasteiger partial charge in [0, 0.05) is 32.8 Å².